The molecule has 0 spiro atoms. The van der Waals surface area contributed by atoms with Gasteiger partial charge in [-0.05, 0) is 19.4 Å². The average molecular weight is 211 g/mol. The molecule has 0 saturated carbocycles. The largest absolute Gasteiger partial charge is 0.384 e. The standard InChI is InChI=1S/C10H17N3O2/c1-14-6-4-9-12-10(15-13-9)8-3-2-5-11-7-8/h8,11H,2-7H2,1H3/t8-/m1/s1. The number of nitrogens with zero attached hydrogens (tertiary/aromatic N) is 2. The smallest absolute Gasteiger partial charge is 0.231 e. The maximum Gasteiger partial charge on any atom is 0.231 e. The van der Waals surface area contributed by atoms with Crippen LogP contribution >= 0.6 is 0 Å². The fourth-order valence-corrected chi connectivity index (χ4v) is 1.79. The van der Waals surface area contributed by atoms with Crippen LogP contribution in [-0.2, 0) is 11.2 Å². The van der Waals surface area contributed by atoms with Crippen molar-refractivity contribution in [3.63, 3.8) is 0 Å². The summed E-state index contributed by atoms with van der Waals surface area (Å²) in [4.78, 5) is 4.37. The highest BCUT2D eigenvalue weighted by atomic mass is 16.5. The molecule has 1 N–H and O–H groups in total. The van der Waals surface area contributed by atoms with Crippen molar-refractivity contribution in [1.29, 1.82) is 0 Å². The van der Waals surface area contributed by atoms with Gasteiger partial charge in [-0.15, -0.1) is 0 Å². The first-order valence-electron chi connectivity index (χ1n) is 5.42. The van der Waals surface area contributed by atoms with Crippen LogP contribution in [0.5, 0.6) is 0 Å². The third kappa shape index (κ3) is 2.76. The minimum Gasteiger partial charge on any atom is -0.384 e. The molecule has 2 rings (SSSR count). The van der Waals surface area contributed by atoms with Crippen LogP contribution in [-0.4, -0.2) is 36.9 Å². The normalized spacial score (nSPS) is 21.8. The van der Waals surface area contributed by atoms with E-state index in [1.807, 2.05) is 0 Å². The molecule has 1 aromatic rings. The SMILES string of the molecule is COCCc1noc([C@@H]2CCCNC2)n1. The maximum atomic E-state index is 5.24. The molecule has 5 heteroatoms. The van der Waals surface area contributed by atoms with E-state index in [9.17, 15) is 0 Å². The summed E-state index contributed by atoms with van der Waals surface area (Å²) in [5.74, 6) is 1.91. The van der Waals surface area contributed by atoms with E-state index in [1.165, 1.54) is 6.42 Å². The molecular formula is C10H17N3O2. The molecule has 1 aliphatic heterocycles. The molecule has 0 aliphatic carbocycles. The highest BCUT2D eigenvalue weighted by Gasteiger charge is 2.20. The Labute approximate surface area is 89.2 Å². The lowest BCUT2D eigenvalue weighted by molar-refractivity contribution is 0.199. The van der Waals surface area contributed by atoms with Gasteiger partial charge in [-0.25, -0.2) is 0 Å². The van der Waals surface area contributed by atoms with E-state index in [-0.39, 0.29) is 0 Å². The summed E-state index contributed by atoms with van der Waals surface area (Å²) < 4.78 is 10.2. The van der Waals surface area contributed by atoms with Gasteiger partial charge < -0.3 is 14.6 Å². The van der Waals surface area contributed by atoms with Crippen molar-refractivity contribution in [3.8, 4) is 0 Å². The summed E-state index contributed by atoms with van der Waals surface area (Å²) in [5, 5.41) is 7.27. The molecule has 84 valence electrons. The van der Waals surface area contributed by atoms with Gasteiger partial charge in [0, 0.05) is 20.1 Å². The molecule has 0 amide bonds. The second-order valence-electron chi connectivity index (χ2n) is 3.83. The molecule has 15 heavy (non-hydrogen) atoms. The number of methoxy groups -OCH3 is 1. The molecule has 0 unspecified atom stereocenters. The fourth-order valence-electron chi connectivity index (χ4n) is 1.79. The van der Waals surface area contributed by atoms with Crippen LogP contribution in [0.3, 0.4) is 0 Å². The van der Waals surface area contributed by atoms with E-state index in [0.717, 1.165) is 37.6 Å². The summed E-state index contributed by atoms with van der Waals surface area (Å²) >= 11 is 0. The van der Waals surface area contributed by atoms with E-state index in [4.69, 9.17) is 9.26 Å². The first-order chi connectivity index (χ1) is 7.40. The monoisotopic (exact) mass is 211 g/mol. The van der Waals surface area contributed by atoms with Crippen molar-refractivity contribution in [3.05, 3.63) is 11.7 Å². The number of ether oxygens (including phenoxy) is 1. The number of rotatable bonds is 4. The van der Waals surface area contributed by atoms with Gasteiger partial charge in [0.2, 0.25) is 5.89 Å². The molecular weight excluding hydrogens is 194 g/mol. The number of aromatic nitrogens is 2. The second kappa shape index (κ2) is 5.23. The molecule has 1 atom stereocenters. The van der Waals surface area contributed by atoms with Crippen LogP contribution in [0.1, 0.15) is 30.5 Å². The summed E-state index contributed by atoms with van der Waals surface area (Å²) in [6, 6.07) is 0. The Morgan fingerprint density at radius 2 is 2.53 bits per heavy atom. The molecule has 1 aliphatic rings. The Kier molecular flexibility index (Phi) is 3.69. The van der Waals surface area contributed by atoms with E-state index in [0.29, 0.717) is 12.5 Å². The molecule has 0 radical (unpaired) electrons. The summed E-state index contributed by atoms with van der Waals surface area (Å²) in [6.07, 6.45) is 3.04. The van der Waals surface area contributed by atoms with Gasteiger partial charge in [0.15, 0.2) is 5.82 Å². The zero-order chi connectivity index (χ0) is 10.5. The van der Waals surface area contributed by atoms with Crippen LogP contribution in [0, 0.1) is 0 Å². The van der Waals surface area contributed by atoms with Crippen molar-refractivity contribution in [2.24, 2.45) is 0 Å². The van der Waals surface area contributed by atoms with Crippen LogP contribution < -0.4 is 5.32 Å². The third-order valence-corrected chi connectivity index (χ3v) is 2.66. The van der Waals surface area contributed by atoms with E-state index in [2.05, 4.69) is 15.5 Å². The van der Waals surface area contributed by atoms with Gasteiger partial charge in [-0.1, -0.05) is 5.16 Å². The number of nitrogens with one attached hydrogen (secondary N) is 1. The number of hydrogen-bond donors (Lipinski definition) is 1. The van der Waals surface area contributed by atoms with Crippen molar-refractivity contribution in [2.45, 2.75) is 25.2 Å². The predicted octanol–water partition coefficient (Wildman–Crippen LogP) is 0.726. The molecule has 0 aromatic carbocycles. The lowest BCUT2D eigenvalue weighted by Gasteiger charge is -2.18. The van der Waals surface area contributed by atoms with Crippen molar-refractivity contribution < 1.29 is 9.26 Å². The minimum absolute atomic E-state index is 0.391. The third-order valence-electron chi connectivity index (χ3n) is 2.66. The predicted molar refractivity (Wildman–Crippen MR) is 54.7 cm³/mol. The van der Waals surface area contributed by atoms with Gasteiger partial charge in [0.05, 0.1) is 12.5 Å². The van der Waals surface area contributed by atoms with Gasteiger partial charge in [0.1, 0.15) is 0 Å². The van der Waals surface area contributed by atoms with Crippen LogP contribution in [0.15, 0.2) is 4.52 Å². The van der Waals surface area contributed by atoms with Crippen molar-refractivity contribution in [2.75, 3.05) is 26.8 Å². The van der Waals surface area contributed by atoms with Crippen LogP contribution in [0.2, 0.25) is 0 Å². The van der Waals surface area contributed by atoms with E-state index < -0.39 is 0 Å². The Bertz CT molecular complexity index is 295. The Morgan fingerprint density at radius 1 is 1.60 bits per heavy atom. The lowest BCUT2D eigenvalue weighted by Crippen LogP contribution is -2.28. The maximum absolute atomic E-state index is 5.24. The zero-order valence-corrected chi connectivity index (χ0v) is 9.03. The topological polar surface area (TPSA) is 60.2 Å². The van der Waals surface area contributed by atoms with Crippen LogP contribution in [0.4, 0.5) is 0 Å². The second-order valence-corrected chi connectivity index (χ2v) is 3.83. The Morgan fingerprint density at radius 3 is 3.27 bits per heavy atom. The molecule has 0 bridgehead atoms. The van der Waals surface area contributed by atoms with Crippen LogP contribution in [0.25, 0.3) is 0 Å². The Hall–Kier alpha value is -0.940. The molecule has 1 aromatic heterocycles. The van der Waals surface area contributed by atoms with Gasteiger partial charge >= 0.3 is 0 Å². The molecule has 1 fully saturated rings. The number of piperidine rings is 1. The first-order valence-corrected chi connectivity index (χ1v) is 5.42. The van der Waals surface area contributed by atoms with E-state index in [1.54, 1.807) is 7.11 Å². The van der Waals surface area contributed by atoms with Gasteiger partial charge in [0.25, 0.3) is 0 Å². The van der Waals surface area contributed by atoms with Crippen molar-refractivity contribution >= 4 is 0 Å². The Balaban J connectivity index is 1.93. The van der Waals surface area contributed by atoms with E-state index >= 15 is 0 Å². The lowest BCUT2D eigenvalue weighted by atomic mass is 10.00. The molecule has 1 saturated heterocycles. The van der Waals surface area contributed by atoms with Crippen molar-refractivity contribution in [1.82, 2.24) is 15.5 Å². The molecule has 2 heterocycles. The molecule has 5 nitrogen and oxygen atoms in total. The summed E-state index contributed by atoms with van der Waals surface area (Å²) in [6.45, 7) is 2.69. The summed E-state index contributed by atoms with van der Waals surface area (Å²) in [7, 11) is 1.67. The summed E-state index contributed by atoms with van der Waals surface area (Å²) in [5.41, 5.74) is 0. The highest BCUT2D eigenvalue weighted by molar-refractivity contribution is 4.96. The van der Waals surface area contributed by atoms with Gasteiger partial charge in [-0.2, -0.15) is 4.98 Å². The average Bonchev–Trinajstić information content (AvgIpc) is 2.76. The zero-order valence-electron chi connectivity index (χ0n) is 9.03. The fraction of sp³-hybridized carbons (Fsp3) is 0.800. The number of hydrogen-bond acceptors (Lipinski definition) is 5. The minimum atomic E-state index is 0.391. The first kappa shape index (κ1) is 10.6. The van der Waals surface area contributed by atoms with Gasteiger partial charge in [-0.3, -0.25) is 0 Å². The quantitative estimate of drug-likeness (QED) is 0.795. The highest BCUT2D eigenvalue weighted by Crippen LogP contribution is 2.21.